The molecule has 0 saturated heterocycles. The molecule has 6 aromatic rings. The quantitative estimate of drug-likeness (QED) is 0.310. The van der Waals surface area contributed by atoms with Crippen LogP contribution in [-0.2, 0) is 0 Å². The number of H-pyrrole nitrogens is 1. The van der Waals surface area contributed by atoms with E-state index < -0.39 is 5.82 Å². The third-order valence-electron chi connectivity index (χ3n) is 5.90. The Bertz CT molecular complexity index is 1760. The number of aromatic amines is 1. The monoisotopic (exact) mass is 463 g/mol. The predicted molar refractivity (Wildman–Crippen MR) is 131 cm³/mol. The van der Waals surface area contributed by atoms with Gasteiger partial charge in [-0.2, -0.15) is 5.26 Å². The molecule has 162 valence electrons. The molecule has 3 heterocycles. The van der Waals surface area contributed by atoms with Gasteiger partial charge in [0.05, 0.1) is 27.7 Å². The Balaban J connectivity index is 1.49. The van der Waals surface area contributed by atoms with Crippen molar-refractivity contribution >= 4 is 33.7 Å². The van der Waals surface area contributed by atoms with E-state index in [2.05, 4.69) is 27.1 Å². The van der Waals surface area contributed by atoms with Crippen LogP contribution in [0.25, 0.3) is 50.0 Å². The highest BCUT2D eigenvalue weighted by Gasteiger charge is 2.13. The molecule has 34 heavy (non-hydrogen) atoms. The zero-order valence-electron chi connectivity index (χ0n) is 17.6. The lowest BCUT2D eigenvalue weighted by Gasteiger charge is -2.07. The number of aromatic nitrogens is 4. The average Bonchev–Trinajstić information content (AvgIpc) is 3.49. The first-order valence-electron chi connectivity index (χ1n) is 10.5. The summed E-state index contributed by atoms with van der Waals surface area (Å²) in [5.74, 6) is -0.460. The number of halogens is 2. The summed E-state index contributed by atoms with van der Waals surface area (Å²) in [5, 5.41) is 10.3. The van der Waals surface area contributed by atoms with Crippen LogP contribution in [0.2, 0.25) is 5.02 Å². The van der Waals surface area contributed by atoms with E-state index >= 15 is 0 Å². The molecule has 0 saturated carbocycles. The Morgan fingerprint density at radius 1 is 0.941 bits per heavy atom. The number of nitrogens with one attached hydrogen (secondary N) is 1. The van der Waals surface area contributed by atoms with Crippen LogP contribution in [0, 0.1) is 17.1 Å². The Labute approximate surface area is 198 Å². The van der Waals surface area contributed by atoms with Gasteiger partial charge in [-0.1, -0.05) is 29.8 Å². The maximum atomic E-state index is 13.7. The fraction of sp³-hybridized carbons (Fsp3) is 0. The number of hydrogen-bond acceptors (Lipinski definition) is 3. The summed E-state index contributed by atoms with van der Waals surface area (Å²) in [6.45, 7) is 0. The molecule has 1 N–H and O–H groups in total. The van der Waals surface area contributed by atoms with Gasteiger partial charge in [0.2, 0.25) is 0 Å². The van der Waals surface area contributed by atoms with Crippen molar-refractivity contribution < 1.29 is 4.39 Å². The van der Waals surface area contributed by atoms with Crippen molar-refractivity contribution in [1.82, 2.24) is 19.5 Å². The molecule has 0 atom stereocenters. The summed E-state index contributed by atoms with van der Waals surface area (Å²) in [6, 6.07) is 22.4. The van der Waals surface area contributed by atoms with Crippen molar-refractivity contribution in [2.45, 2.75) is 0 Å². The Hall–Kier alpha value is -4.47. The van der Waals surface area contributed by atoms with E-state index in [1.54, 1.807) is 30.7 Å². The number of imidazole rings is 1. The van der Waals surface area contributed by atoms with E-state index in [1.165, 1.54) is 6.07 Å². The summed E-state index contributed by atoms with van der Waals surface area (Å²) in [6.07, 6.45) is 5.44. The van der Waals surface area contributed by atoms with Crippen LogP contribution in [0.4, 0.5) is 4.39 Å². The van der Waals surface area contributed by atoms with Crippen LogP contribution in [0.15, 0.2) is 85.5 Å². The van der Waals surface area contributed by atoms with E-state index in [-0.39, 0.29) is 5.02 Å². The number of hydrogen-bond donors (Lipinski definition) is 1. The molecule has 7 heteroatoms. The fourth-order valence-corrected chi connectivity index (χ4v) is 4.36. The highest BCUT2D eigenvalue weighted by Crippen LogP contribution is 2.33. The van der Waals surface area contributed by atoms with Crippen LogP contribution in [-0.4, -0.2) is 19.5 Å². The summed E-state index contributed by atoms with van der Waals surface area (Å²) < 4.78 is 15.6. The second-order valence-electron chi connectivity index (χ2n) is 7.93. The highest BCUT2D eigenvalue weighted by atomic mass is 35.5. The minimum Gasteiger partial charge on any atom is -0.346 e. The number of nitrogens with zero attached hydrogens (tertiary/aromatic N) is 4. The topological polar surface area (TPSA) is 70.3 Å². The van der Waals surface area contributed by atoms with Gasteiger partial charge in [0, 0.05) is 34.6 Å². The molecule has 3 aromatic heterocycles. The maximum absolute atomic E-state index is 13.7. The van der Waals surface area contributed by atoms with Gasteiger partial charge in [0.1, 0.15) is 17.8 Å². The summed E-state index contributed by atoms with van der Waals surface area (Å²) >= 11 is 6.01. The smallest absolute Gasteiger partial charge is 0.141 e. The summed E-state index contributed by atoms with van der Waals surface area (Å²) in [5.41, 5.74) is 7.63. The van der Waals surface area contributed by atoms with Gasteiger partial charge in [-0.05, 0) is 59.7 Å². The lowest BCUT2D eigenvalue weighted by atomic mass is 10.0. The number of nitriles is 1. The van der Waals surface area contributed by atoms with Gasteiger partial charge in [0.15, 0.2) is 0 Å². The molecule has 0 radical (unpaired) electrons. The molecule has 5 nitrogen and oxygen atoms in total. The standard InChI is InChI=1S/C27H15ClFN5/c28-23-11-20(5-6-24(23)29)34-15-33-25-7-4-18(10-26(25)34)22-14-32-27-21(22)9-19(13-31-27)17-3-1-2-16(8-17)12-30/h1-11,13-15H,(H,31,32). The molecule has 0 bridgehead atoms. The molecule has 0 amide bonds. The third-order valence-corrected chi connectivity index (χ3v) is 6.19. The van der Waals surface area contributed by atoms with Gasteiger partial charge in [-0.3, -0.25) is 4.57 Å². The normalized spacial score (nSPS) is 11.2. The second kappa shape index (κ2) is 7.84. The lowest BCUT2D eigenvalue weighted by Crippen LogP contribution is -1.93. The molecule has 0 aliphatic carbocycles. The minimum atomic E-state index is -0.460. The number of pyridine rings is 1. The molecule has 0 spiro atoms. The Morgan fingerprint density at radius 3 is 2.71 bits per heavy atom. The zero-order chi connectivity index (χ0) is 23.2. The molecule has 6 rings (SSSR count). The number of benzene rings is 3. The van der Waals surface area contributed by atoms with E-state index in [1.807, 2.05) is 47.2 Å². The van der Waals surface area contributed by atoms with Gasteiger partial charge in [0.25, 0.3) is 0 Å². The van der Waals surface area contributed by atoms with E-state index in [0.29, 0.717) is 5.56 Å². The SMILES string of the molecule is N#Cc1cccc(-c2cnc3[nH]cc(-c4ccc5ncn(-c6ccc(F)c(Cl)c6)c5c4)c3c2)c1. The second-order valence-corrected chi connectivity index (χ2v) is 8.34. The molecule has 0 aliphatic heterocycles. The molecule has 0 aliphatic rings. The summed E-state index contributed by atoms with van der Waals surface area (Å²) in [4.78, 5) is 12.3. The molecule has 0 fully saturated rings. The van der Waals surface area contributed by atoms with E-state index in [9.17, 15) is 9.65 Å². The van der Waals surface area contributed by atoms with Crippen LogP contribution in [0.1, 0.15) is 5.56 Å². The largest absolute Gasteiger partial charge is 0.346 e. The van der Waals surface area contributed by atoms with Crippen LogP contribution < -0.4 is 0 Å². The molecular formula is C27H15ClFN5. The van der Waals surface area contributed by atoms with Gasteiger partial charge < -0.3 is 4.98 Å². The van der Waals surface area contributed by atoms with Crippen LogP contribution >= 0.6 is 11.6 Å². The Morgan fingerprint density at radius 2 is 1.85 bits per heavy atom. The predicted octanol–water partition coefficient (Wildman–Crippen LogP) is 6.90. The van der Waals surface area contributed by atoms with Gasteiger partial charge >= 0.3 is 0 Å². The lowest BCUT2D eigenvalue weighted by molar-refractivity contribution is 0.628. The van der Waals surface area contributed by atoms with Crippen LogP contribution in [0.3, 0.4) is 0 Å². The van der Waals surface area contributed by atoms with Gasteiger partial charge in [-0.25, -0.2) is 14.4 Å². The minimum absolute atomic E-state index is 0.0613. The fourth-order valence-electron chi connectivity index (χ4n) is 4.18. The summed E-state index contributed by atoms with van der Waals surface area (Å²) in [7, 11) is 0. The van der Waals surface area contributed by atoms with Crippen molar-refractivity contribution in [3.63, 3.8) is 0 Å². The third kappa shape index (κ3) is 3.31. The Kier molecular flexibility index (Phi) is 4.65. The van der Waals surface area contributed by atoms with Crippen molar-refractivity contribution in [3.8, 4) is 34.0 Å². The van der Waals surface area contributed by atoms with Crippen LogP contribution in [0.5, 0.6) is 0 Å². The molecule has 3 aromatic carbocycles. The van der Waals surface area contributed by atoms with Crippen molar-refractivity contribution in [2.24, 2.45) is 0 Å². The van der Waals surface area contributed by atoms with E-state index in [0.717, 1.165) is 50.0 Å². The molecule has 0 unspecified atom stereocenters. The maximum Gasteiger partial charge on any atom is 0.141 e. The first kappa shape index (κ1) is 20.2. The van der Waals surface area contributed by atoms with Crippen molar-refractivity contribution in [2.75, 3.05) is 0 Å². The number of rotatable bonds is 3. The van der Waals surface area contributed by atoms with Gasteiger partial charge in [-0.15, -0.1) is 0 Å². The first-order valence-corrected chi connectivity index (χ1v) is 10.9. The van der Waals surface area contributed by atoms with E-state index in [4.69, 9.17) is 11.6 Å². The van der Waals surface area contributed by atoms with Crippen molar-refractivity contribution in [1.29, 1.82) is 5.26 Å². The number of fused-ring (bicyclic) bond motifs is 2. The highest BCUT2D eigenvalue weighted by molar-refractivity contribution is 6.30. The average molecular weight is 464 g/mol. The van der Waals surface area contributed by atoms with Crippen molar-refractivity contribution in [3.05, 3.63) is 102 Å². The first-order chi connectivity index (χ1) is 16.6. The molecular weight excluding hydrogens is 449 g/mol. The zero-order valence-corrected chi connectivity index (χ0v) is 18.4.